The van der Waals surface area contributed by atoms with E-state index in [1.54, 1.807) is 42.7 Å². The van der Waals surface area contributed by atoms with Gasteiger partial charge in [-0.15, -0.1) is 0 Å². The maximum Gasteiger partial charge on any atom is 0.324 e. The molecule has 31 heavy (non-hydrogen) atoms. The van der Waals surface area contributed by atoms with Crippen LogP contribution >= 0.6 is 0 Å². The second kappa shape index (κ2) is 9.20. The van der Waals surface area contributed by atoms with Crippen molar-refractivity contribution in [3.05, 3.63) is 96.8 Å². The van der Waals surface area contributed by atoms with Gasteiger partial charge in [-0.2, -0.15) is 5.26 Å². The van der Waals surface area contributed by atoms with Gasteiger partial charge in [-0.1, -0.05) is 18.2 Å². The molecule has 0 aliphatic rings. The number of anilines is 4. The standard InChI is InChI=1S/C24H18N6O/c25-16-17-6-8-21(9-7-17)29-24(31)30-23-15-19(11-13-27-23)18-10-12-26-22(14-18)28-20-4-2-1-3-5-20/h1-15H,(H,26,28)(H2,27,29,30,31). The molecule has 7 nitrogen and oxygen atoms in total. The topological polar surface area (TPSA) is 103 Å². The Morgan fingerprint density at radius 1 is 0.742 bits per heavy atom. The van der Waals surface area contributed by atoms with Crippen LogP contribution in [0.1, 0.15) is 5.56 Å². The third-order valence-corrected chi connectivity index (χ3v) is 4.41. The van der Waals surface area contributed by atoms with Crippen molar-refractivity contribution in [3.8, 4) is 17.2 Å². The van der Waals surface area contributed by atoms with E-state index in [1.165, 1.54) is 0 Å². The highest BCUT2D eigenvalue weighted by Gasteiger charge is 2.07. The zero-order valence-electron chi connectivity index (χ0n) is 16.4. The molecule has 0 spiro atoms. The maximum absolute atomic E-state index is 12.3. The van der Waals surface area contributed by atoms with Crippen LogP contribution in [0.2, 0.25) is 0 Å². The van der Waals surface area contributed by atoms with Gasteiger partial charge in [0.1, 0.15) is 11.6 Å². The van der Waals surface area contributed by atoms with Crippen LogP contribution in [-0.2, 0) is 0 Å². The quantitative estimate of drug-likeness (QED) is 0.412. The maximum atomic E-state index is 12.3. The zero-order valence-corrected chi connectivity index (χ0v) is 16.4. The van der Waals surface area contributed by atoms with Crippen molar-refractivity contribution < 1.29 is 4.79 Å². The van der Waals surface area contributed by atoms with Gasteiger partial charge in [-0.3, -0.25) is 5.32 Å². The van der Waals surface area contributed by atoms with Gasteiger partial charge in [0.05, 0.1) is 11.6 Å². The van der Waals surface area contributed by atoms with E-state index in [2.05, 4.69) is 25.9 Å². The van der Waals surface area contributed by atoms with E-state index in [-0.39, 0.29) is 0 Å². The molecule has 0 bridgehead atoms. The fraction of sp³-hybridized carbons (Fsp3) is 0. The van der Waals surface area contributed by atoms with Crippen LogP contribution in [0, 0.1) is 11.3 Å². The van der Waals surface area contributed by atoms with Crippen LogP contribution in [0.25, 0.3) is 11.1 Å². The fourth-order valence-electron chi connectivity index (χ4n) is 2.93. The number of amides is 2. The number of rotatable bonds is 5. The van der Waals surface area contributed by atoms with Crippen LogP contribution in [0.5, 0.6) is 0 Å². The molecule has 150 valence electrons. The lowest BCUT2D eigenvalue weighted by atomic mass is 10.1. The third kappa shape index (κ3) is 5.22. The van der Waals surface area contributed by atoms with Crippen molar-refractivity contribution >= 4 is 29.0 Å². The first kappa shape index (κ1) is 19.6. The minimum Gasteiger partial charge on any atom is -0.340 e. The molecule has 2 heterocycles. The Kier molecular flexibility index (Phi) is 5.82. The SMILES string of the molecule is N#Cc1ccc(NC(=O)Nc2cc(-c3ccnc(Nc4ccccc4)c3)ccn2)cc1. The minimum absolute atomic E-state index is 0.415. The number of urea groups is 1. The highest BCUT2D eigenvalue weighted by molar-refractivity contribution is 5.99. The third-order valence-electron chi connectivity index (χ3n) is 4.41. The molecule has 0 fully saturated rings. The summed E-state index contributed by atoms with van der Waals surface area (Å²) in [7, 11) is 0. The number of hydrogen-bond donors (Lipinski definition) is 3. The van der Waals surface area contributed by atoms with Crippen molar-refractivity contribution in [1.29, 1.82) is 5.26 Å². The van der Waals surface area contributed by atoms with Crippen molar-refractivity contribution in [1.82, 2.24) is 9.97 Å². The number of carbonyl (C=O) groups excluding carboxylic acids is 1. The van der Waals surface area contributed by atoms with Gasteiger partial charge in [0.2, 0.25) is 0 Å². The van der Waals surface area contributed by atoms with Gasteiger partial charge in [0.15, 0.2) is 0 Å². The molecule has 0 radical (unpaired) electrons. The van der Waals surface area contributed by atoms with E-state index >= 15 is 0 Å². The number of para-hydroxylation sites is 1. The summed E-state index contributed by atoms with van der Waals surface area (Å²) >= 11 is 0. The minimum atomic E-state index is -0.421. The first-order chi connectivity index (χ1) is 15.2. The van der Waals surface area contributed by atoms with Crippen molar-refractivity contribution in [2.75, 3.05) is 16.0 Å². The summed E-state index contributed by atoms with van der Waals surface area (Å²) in [5.41, 5.74) is 3.88. The van der Waals surface area contributed by atoms with Gasteiger partial charge in [-0.25, -0.2) is 14.8 Å². The highest BCUT2D eigenvalue weighted by atomic mass is 16.2. The van der Waals surface area contributed by atoms with Crippen molar-refractivity contribution in [3.63, 3.8) is 0 Å². The summed E-state index contributed by atoms with van der Waals surface area (Å²) in [6, 6.07) is 25.5. The van der Waals surface area contributed by atoms with Gasteiger partial charge in [0, 0.05) is 23.8 Å². The predicted octanol–water partition coefficient (Wildman–Crippen LogP) is 5.40. The second-order valence-corrected chi connectivity index (χ2v) is 6.62. The van der Waals surface area contributed by atoms with E-state index in [4.69, 9.17) is 5.26 Å². The van der Waals surface area contributed by atoms with Crippen LogP contribution < -0.4 is 16.0 Å². The molecule has 0 saturated heterocycles. The van der Waals surface area contributed by atoms with Crippen molar-refractivity contribution in [2.24, 2.45) is 0 Å². The smallest absolute Gasteiger partial charge is 0.324 e. The Morgan fingerprint density at radius 2 is 1.39 bits per heavy atom. The van der Waals surface area contributed by atoms with E-state index in [0.717, 1.165) is 16.8 Å². The molecule has 3 N–H and O–H groups in total. The zero-order chi connectivity index (χ0) is 21.5. The molecular formula is C24H18N6O. The average Bonchev–Trinajstić information content (AvgIpc) is 2.80. The monoisotopic (exact) mass is 406 g/mol. The van der Waals surface area contributed by atoms with Gasteiger partial charge >= 0.3 is 6.03 Å². The molecule has 2 aromatic heterocycles. The molecule has 2 aromatic carbocycles. The Labute approximate surface area is 179 Å². The summed E-state index contributed by atoms with van der Waals surface area (Å²) in [4.78, 5) is 20.9. The fourth-order valence-corrected chi connectivity index (χ4v) is 2.93. The van der Waals surface area contributed by atoms with Crippen LogP contribution in [-0.4, -0.2) is 16.0 Å². The number of pyridine rings is 2. The van der Waals surface area contributed by atoms with Gasteiger partial charge < -0.3 is 10.6 Å². The largest absolute Gasteiger partial charge is 0.340 e. The van der Waals surface area contributed by atoms with Crippen LogP contribution in [0.4, 0.5) is 27.8 Å². The highest BCUT2D eigenvalue weighted by Crippen LogP contribution is 2.24. The molecular weight excluding hydrogens is 388 g/mol. The lowest BCUT2D eigenvalue weighted by Crippen LogP contribution is -2.20. The van der Waals surface area contributed by atoms with E-state index in [0.29, 0.717) is 22.9 Å². The van der Waals surface area contributed by atoms with E-state index in [1.807, 2.05) is 54.6 Å². The lowest BCUT2D eigenvalue weighted by Gasteiger charge is -2.10. The van der Waals surface area contributed by atoms with E-state index in [9.17, 15) is 4.79 Å². The lowest BCUT2D eigenvalue weighted by molar-refractivity contribution is 0.262. The number of nitrogens with zero attached hydrogens (tertiary/aromatic N) is 3. The van der Waals surface area contributed by atoms with E-state index < -0.39 is 6.03 Å². The number of benzene rings is 2. The molecule has 4 rings (SSSR count). The average molecular weight is 406 g/mol. The Hall–Kier alpha value is -4.70. The number of hydrogen-bond acceptors (Lipinski definition) is 5. The Bertz CT molecular complexity index is 1230. The summed E-state index contributed by atoms with van der Waals surface area (Å²) in [6.45, 7) is 0. The summed E-state index contributed by atoms with van der Waals surface area (Å²) in [5, 5.41) is 17.6. The number of carbonyl (C=O) groups is 1. The molecule has 0 aliphatic carbocycles. The number of aromatic nitrogens is 2. The first-order valence-electron chi connectivity index (χ1n) is 9.52. The summed E-state index contributed by atoms with van der Waals surface area (Å²) in [6.07, 6.45) is 3.36. The Balaban J connectivity index is 1.46. The molecule has 2 amide bonds. The molecule has 0 unspecified atom stereocenters. The first-order valence-corrected chi connectivity index (χ1v) is 9.52. The number of nitriles is 1. The predicted molar refractivity (Wildman–Crippen MR) is 121 cm³/mol. The summed E-state index contributed by atoms with van der Waals surface area (Å²) in [5.74, 6) is 1.13. The van der Waals surface area contributed by atoms with Crippen LogP contribution in [0.15, 0.2) is 91.3 Å². The second-order valence-electron chi connectivity index (χ2n) is 6.62. The molecule has 7 heteroatoms. The van der Waals surface area contributed by atoms with Gasteiger partial charge in [-0.05, 0) is 71.8 Å². The van der Waals surface area contributed by atoms with Crippen molar-refractivity contribution in [2.45, 2.75) is 0 Å². The van der Waals surface area contributed by atoms with Crippen LogP contribution in [0.3, 0.4) is 0 Å². The van der Waals surface area contributed by atoms with Gasteiger partial charge in [0.25, 0.3) is 0 Å². The Morgan fingerprint density at radius 3 is 2.06 bits per heavy atom. The summed E-state index contributed by atoms with van der Waals surface area (Å²) < 4.78 is 0. The normalized spacial score (nSPS) is 10.0. The molecule has 0 aliphatic heterocycles. The molecule has 0 saturated carbocycles. The number of nitrogens with one attached hydrogen (secondary N) is 3. The molecule has 0 atom stereocenters. The molecule has 4 aromatic rings.